The quantitative estimate of drug-likeness (QED) is 0.620. The van der Waals surface area contributed by atoms with Crippen LogP contribution in [0.1, 0.15) is 52.9 Å². The van der Waals surface area contributed by atoms with Gasteiger partial charge in [0.2, 0.25) is 0 Å². The molecule has 0 heterocycles. The third kappa shape index (κ3) is 2.96. The first-order chi connectivity index (χ1) is 7.55. The minimum Gasteiger partial charge on any atom is -0.297 e. The number of allylic oxidation sites excluding steroid dienone is 1. The second-order valence-corrected chi connectivity index (χ2v) is 5.77. The molecule has 0 saturated heterocycles. The molecule has 0 amide bonds. The van der Waals surface area contributed by atoms with E-state index >= 15 is 0 Å². The second-order valence-electron chi connectivity index (χ2n) is 5.77. The van der Waals surface area contributed by atoms with Crippen LogP contribution in [0.4, 0.5) is 0 Å². The van der Waals surface area contributed by atoms with E-state index < -0.39 is 0 Å². The fourth-order valence-corrected chi connectivity index (χ4v) is 3.06. The summed E-state index contributed by atoms with van der Waals surface area (Å²) >= 11 is 0. The van der Waals surface area contributed by atoms with Crippen LogP contribution >= 0.6 is 0 Å². The molecule has 2 unspecified atom stereocenters. The third-order valence-electron chi connectivity index (χ3n) is 4.51. The van der Waals surface area contributed by atoms with Crippen molar-refractivity contribution in [3.05, 3.63) is 12.7 Å². The molecule has 1 rings (SSSR count). The Morgan fingerprint density at radius 3 is 2.69 bits per heavy atom. The molecule has 92 valence electrons. The van der Waals surface area contributed by atoms with Crippen LogP contribution in [-0.2, 0) is 0 Å². The molecule has 0 spiro atoms. The summed E-state index contributed by atoms with van der Waals surface area (Å²) in [7, 11) is 1.94. The van der Waals surface area contributed by atoms with Gasteiger partial charge in [-0.15, -0.1) is 6.58 Å². The molecule has 1 saturated carbocycles. The lowest BCUT2D eigenvalue weighted by Gasteiger charge is -2.42. The molecular formula is C15H27N. The van der Waals surface area contributed by atoms with Crippen LogP contribution in [0.25, 0.3) is 0 Å². The Hall–Kier alpha value is -0.590. The van der Waals surface area contributed by atoms with Crippen LogP contribution in [0.15, 0.2) is 17.6 Å². The Morgan fingerprint density at radius 1 is 1.50 bits per heavy atom. The number of nitrogens with zero attached hydrogens (tertiary/aromatic N) is 1. The van der Waals surface area contributed by atoms with Gasteiger partial charge in [0, 0.05) is 12.8 Å². The van der Waals surface area contributed by atoms with Crippen molar-refractivity contribution in [3.63, 3.8) is 0 Å². The van der Waals surface area contributed by atoms with Crippen LogP contribution in [0.3, 0.4) is 0 Å². The van der Waals surface area contributed by atoms with E-state index in [1.807, 2.05) is 7.05 Å². The zero-order chi connectivity index (χ0) is 12.2. The van der Waals surface area contributed by atoms with Crippen molar-refractivity contribution in [3.8, 4) is 0 Å². The molecule has 0 N–H and O–H groups in total. The van der Waals surface area contributed by atoms with Gasteiger partial charge in [-0.05, 0) is 42.9 Å². The lowest BCUT2D eigenvalue weighted by molar-refractivity contribution is 0.118. The van der Waals surface area contributed by atoms with Gasteiger partial charge in [-0.2, -0.15) is 0 Å². The van der Waals surface area contributed by atoms with E-state index in [1.54, 1.807) is 0 Å². The third-order valence-corrected chi connectivity index (χ3v) is 4.51. The highest BCUT2D eigenvalue weighted by Crippen LogP contribution is 2.44. The summed E-state index contributed by atoms with van der Waals surface area (Å²) in [5, 5.41) is 0. The van der Waals surface area contributed by atoms with Crippen molar-refractivity contribution in [1.29, 1.82) is 0 Å². The maximum absolute atomic E-state index is 4.40. The van der Waals surface area contributed by atoms with Gasteiger partial charge in [0.1, 0.15) is 0 Å². The fraction of sp³-hybridized carbons (Fsp3) is 0.800. The van der Waals surface area contributed by atoms with Crippen molar-refractivity contribution >= 4 is 5.71 Å². The van der Waals surface area contributed by atoms with Gasteiger partial charge < -0.3 is 0 Å². The topological polar surface area (TPSA) is 12.4 Å². The molecule has 1 aliphatic carbocycles. The Kier molecular flexibility index (Phi) is 4.76. The van der Waals surface area contributed by atoms with E-state index in [0.717, 1.165) is 18.3 Å². The van der Waals surface area contributed by atoms with Crippen molar-refractivity contribution in [2.45, 2.75) is 52.9 Å². The van der Waals surface area contributed by atoms with Gasteiger partial charge >= 0.3 is 0 Å². The molecule has 0 aromatic carbocycles. The van der Waals surface area contributed by atoms with Crippen molar-refractivity contribution in [2.75, 3.05) is 7.05 Å². The van der Waals surface area contributed by atoms with E-state index in [4.69, 9.17) is 0 Å². The van der Waals surface area contributed by atoms with Gasteiger partial charge in [0.05, 0.1) is 0 Å². The normalized spacial score (nSPS) is 29.4. The highest BCUT2D eigenvalue weighted by atomic mass is 14.7. The molecule has 2 atom stereocenters. The van der Waals surface area contributed by atoms with Crippen molar-refractivity contribution in [1.82, 2.24) is 0 Å². The molecule has 1 fully saturated rings. The predicted octanol–water partition coefficient (Wildman–Crippen LogP) is 4.49. The maximum atomic E-state index is 4.40. The van der Waals surface area contributed by atoms with E-state index in [-0.39, 0.29) is 0 Å². The Labute approximate surface area is 101 Å². The van der Waals surface area contributed by atoms with Gasteiger partial charge in [0.15, 0.2) is 0 Å². The smallest absolute Gasteiger partial charge is 0.0276 e. The van der Waals surface area contributed by atoms with E-state index in [1.165, 1.54) is 31.4 Å². The van der Waals surface area contributed by atoms with Gasteiger partial charge in [-0.1, -0.05) is 33.3 Å². The van der Waals surface area contributed by atoms with Gasteiger partial charge in [-0.25, -0.2) is 0 Å². The number of hydrogen-bond acceptors (Lipinski definition) is 1. The molecular weight excluding hydrogens is 194 g/mol. The summed E-state index contributed by atoms with van der Waals surface area (Å²) in [6, 6.07) is 0. The summed E-state index contributed by atoms with van der Waals surface area (Å²) in [5.74, 6) is 1.60. The Bertz CT molecular complexity index is 263. The van der Waals surface area contributed by atoms with Crippen LogP contribution in [0.5, 0.6) is 0 Å². The largest absolute Gasteiger partial charge is 0.297 e. The van der Waals surface area contributed by atoms with E-state index in [9.17, 15) is 0 Å². The molecule has 1 heteroatoms. The van der Waals surface area contributed by atoms with Crippen molar-refractivity contribution < 1.29 is 0 Å². The standard InChI is InChI=1S/C15H27N/c1-6-8-12-11-13(16-5)9-10-14(12)15(3,4)7-2/h6,12,14H,1,7-11H2,2-5H3. The minimum atomic E-state index is 0.465. The molecule has 1 nitrogen and oxygen atoms in total. The SMILES string of the molecule is C=CCC1CC(=NC)CCC1C(C)(C)CC. The van der Waals surface area contributed by atoms with E-state index in [0.29, 0.717) is 5.41 Å². The molecule has 0 radical (unpaired) electrons. The summed E-state index contributed by atoms with van der Waals surface area (Å²) < 4.78 is 0. The zero-order valence-corrected chi connectivity index (χ0v) is 11.4. The average Bonchev–Trinajstić information content (AvgIpc) is 2.29. The van der Waals surface area contributed by atoms with E-state index in [2.05, 4.69) is 38.4 Å². The lowest BCUT2D eigenvalue weighted by Crippen LogP contribution is -2.35. The minimum absolute atomic E-state index is 0.465. The monoisotopic (exact) mass is 221 g/mol. The summed E-state index contributed by atoms with van der Waals surface area (Å²) in [5.41, 5.74) is 1.88. The molecule has 1 aliphatic rings. The summed E-state index contributed by atoms with van der Waals surface area (Å²) in [6.07, 6.45) is 8.21. The first kappa shape index (κ1) is 13.5. The number of aliphatic imine (C=N–C) groups is 1. The highest BCUT2D eigenvalue weighted by molar-refractivity contribution is 5.85. The Morgan fingerprint density at radius 2 is 2.19 bits per heavy atom. The molecule has 0 bridgehead atoms. The first-order valence-electron chi connectivity index (χ1n) is 6.60. The van der Waals surface area contributed by atoms with Crippen molar-refractivity contribution in [2.24, 2.45) is 22.2 Å². The molecule has 16 heavy (non-hydrogen) atoms. The number of hydrogen-bond donors (Lipinski definition) is 0. The van der Waals surface area contributed by atoms with Gasteiger partial charge in [-0.3, -0.25) is 4.99 Å². The highest BCUT2D eigenvalue weighted by Gasteiger charge is 2.36. The average molecular weight is 221 g/mol. The Balaban J connectivity index is 2.79. The van der Waals surface area contributed by atoms with Crippen LogP contribution in [-0.4, -0.2) is 12.8 Å². The fourth-order valence-electron chi connectivity index (χ4n) is 3.06. The van der Waals surface area contributed by atoms with Crippen LogP contribution in [0, 0.1) is 17.3 Å². The molecule has 0 aromatic heterocycles. The predicted molar refractivity (Wildman–Crippen MR) is 73.1 cm³/mol. The summed E-state index contributed by atoms with van der Waals surface area (Å²) in [4.78, 5) is 4.40. The maximum Gasteiger partial charge on any atom is 0.0276 e. The molecule has 0 aromatic rings. The van der Waals surface area contributed by atoms with Crippen LogP contribution < -0.4 is 0 Å². The first-order valence-corrected chi connectivity index (χ1v) is 6.60. The summed E-state index contributed by atoms with van der Waals surface area (Å²) in [6.45, 7) is 11.1. The second kappa shape index (κ2) is 5.65. The number of rotatable bonds is 4. The van der Waals surface area contributed by atoms with Crippen LogP contribution in [0.2, 0.25) is 0 Å². The molecule has 0 aliphatic heterocycles. The van der Waals surface area contributed by atoms with Gasteiger partial charge in [0.25, 0.3) is 0 Å². The zero-order valence-electron chi connectivity index (χ0n) is 11.4. The lowest BCUT2D eigenvalue weighted by atomic mass is 9.63.